The molecule has 0 fully saturated rings. The molecule has 0 radical (unpaired) electrons. The fourth-order valence-electron chi connectivity index (χ4n) is 2.87. The summed E-state index contributed by atoms with van der Waals surface area (Å²) < 4.78 is 0. The van der Waals surface area contributed by atoms with Gasteiger partial charge >= 0.3 is 0 Å². The minimum Gasteiger partial charge on any atom is -0.364 e. The van der Waals surface area contributed by atoms with Crippen LogP contribution in [0, 0.1) is 0 Å². The predicted octanol–water partition coefficient (Wildman–Crippen LogP) is 3.07. The fourth-order valence-corrected chi connectivity index (χ4v) is 3.61. The zero-order valence-electron chi connectivity index (χ0n) is 14.9. The van der Waals surface area contributed by atoms with Gasteiger partial charge in [0.1, 0.15) is 11.5 Å². The second-order valence-corrected chi connectivity index (χ2v) is 7.16. The standard InChI is InChI=1S/C19H18N6O2S/c20-18(27)14-8-11(9-21-14)15-10-28-19(24-15)25-17(26)7-3-6-16-22-12-4-1-2-5-13(12)23-16/h1-2,4-5,8-10,21H,3,6-7H2,(H2,20,27)(H,22,23)(H,24,25,26). The Morgan fingerprint density at radius 3 is 2.86 bits per heavy atom. The van der Waals surface area contributed by atoms with Gasteiger partial charge < -0.3 is 21.0 Å². The number of hydrogen-bond acceptors (Lipinski definition) is 5. The van der Waals surface area contributed by atoms with E-state index in [-0.39, 0.29) is 5.91 Å². The maximum Gasteiger partial charge on any atom is 0.265 e. The van der Waals surface area contributed by atoms with E-state index in [0.717, 1.165) is 22.4 Å². The highest BCUT2D eigenvalue weighted by molar-refractivity contribution is 7.14. The molecule has 0 bridgehead atoms. The van der Waals surface area contributed by atoms with Gasteiger partial charge in [0.25, 0.3) is 5.91 Å². The van der Waals surface area contributed by atoms with Crippen LogP contribution in [0.25, 0.3) is 22.3 Å². The summed E-state index contributed by atoms with van der Waals surface area (Å²) >= 11 is 1.33. The summed E-state index contributed by atoms with van der Waals surface area (Å²) in [4.78, 5) is 38.3. The van der Waals surface area contributed by atoms with Crippen molar-refractivity contribution in [2.45, 2.75) is 19.3 Å². The number of imidazole rings is 1. The number of nitrogens with one attached hydrogen (secondary N) is 3. The summed E-state index contributed by atoms with van der Waals surface area (Å²) in [5, 5.41) is 5.15. The monoisotopic (exact) mass is 394 g/mol. The van der Waals surface area contributed by atoms with Crippen LogP contribution < -0.4 is 11.1 Å². The molecule has 4 rings (SSSR count). The number of thiazole rings is 1. The minimum atomic E-state index is -0.528. The van der Waals surface area contributed by atoms with Gasteiger partial charge in [-0.1, -0.05) is 12.1 Å². The van der Waals surface area contributed by atoms with Gasteiger partial charge in [-0.2, -0.15) is 0 Å². The molecule has 9 heteroatoms. The Bertz CT molecular complexity index is 1110. The molecule has 0 saturated carbocycles. The number of carbonyl (C=O) groups excluding carboxylic acids is 2. The van der Waals surface area contributed by atoms with Crippen molar-refractivity contribution in [2.75, 3.05) is 5.32 Å². The number of primary amides is 1. The summed E-state index contributed by atoms with van der Waals surface area (Å²) in [5.74, 6) is 0.256. The lowest BCUT2D eigenvalue weighted by molar-refractivity contribution is -0.116. The number of hydrogen-bond donors (Lipinski definition) is 4. The van der Waals surface area contributed by atoms with Crippen molar-refractivity contribution in [1.82, 2.24) is 19.9 Å². The molecule has 3 heterocycles. The number of nitrogens with zero attached hydrogens (tertiary/aromatic N) is 2. The molecule has 1 aromatic carbocycles. The van der Waals surface area contributed by atoms with Gasteiger partial charge in [0, 0.05) is 30.0 Å². The van der Waals surface area contributed by atoms with Crippen molar-refractivity contribution in [2.24, 2.45) is 5.73 Å². The van der Waals surface area contributed by atoms with Crippen LogP contribution >= 0.6 is 11.3 Å². The Balaban J connectivity index is 1.30. The fraction of sp³-hybridized carbons (Fsp3) is 0.158. The van der Waals surface area contributed by atoms with E-state index in [1.165, 1.54) is 11.3 Å². The van der Waals surface area contributed by atoms with Crippen LogP contribution in [0.2, 0.25) is 0 Å². The molecule has 2 amide bonds. The minimum absolute atomic E-state index is 0.0936. The number of carbonyl (C=O) groups is 2. The van der Waals surface area contributed by atoms with E-state index in [1.54, 1.807) is 12.3 Å². The SMILES string of the molecule is NC(=O)c1cc(-c2csc(NC(=O)CCCc3nc4ccccc4[nH]3)n2)c[nH]1. The van der Waals surface area contributed by atoms with E-state index in [2.05, 4.69) is 25.3 Å². The third kappa shape index (κ3) is 3.94. The lowest BCUT2D eigenvalue weighted by Crippen LogP contribution is -2.11. The number of amides is 2. The average Bonchev–Trinajstić information content (AvgIpc) is 3.40. The number of aromatic amines is 2. The number of aromatic nitrogens is 4. The lowest BCUT2D eigenvalue weighted by atomic mass is 10.2. The second kappa shape index (κ2) is 7.65. The van der Waals surface area contributed by atoms with Crippen LogP contribution in [-0.4, -0.2) is 31.8 Å². The highest BCUT2D eigenvalue weighted by Crippen LogP contribution is 2.25. The highest BCUT2D eigenvalue weighted by Gasteiger charge is 2.11. The Labute approximate surface area is 164 Å². The first-order chi connectivity index (χ1) is 13.6. The van der Waals surface area contributed by atoms with Crippen molar-refractivity contribution >= 4 is 39.3 Å². The molecule has 0 aliphatic heterocycles. The Morgan fingerprint density at radius 2 is 2.07 bits per heavy atom. The van der Waals surface area contributed by atoms with Crippen molar-refractivity contribution in [3.8, 4) is 11.3 Å². The number of aryl methyl sites for hydroxylation is 1. The Hall–Kier alpha value is -3.46. The van der Waals surface area contributed by atoms with Gasteiger partial charge in [-0.05, 0) is 24.6 Å². The molecule has 0 aliphatic carbocycles. The van der Waals surface area contributed by atoms with Crippen LogP contribution in [0.3, 0.4) is 0 Å². The van der Waals surface area contributed by atoms with Crippen LogP contribution in [0.1, 0.15) is 29.2 Å². The summed E-state index contributed by atoms with van der Waals surface area (Å²) in [6.45, 7) is 0. The molecule has 3 aromatic heterocycles. The normalized spacial score (nSPS) is 11.0. The second-order valence-electron chi connectivity index (χ2n) is 6.31. The molecule has 0 aliphatic rings. The van der Waals surface area contributed by atoms with Crippen molar-refractivity contribution in [1.29, 1.82) is 0 Å². The molecule has 4 aromatic rings. The Morgan fingerprint density at radius 1 is 1.21 bits per heavy atom. The summed E-state index contributed by atoms with van der Waals surface area (Å²) in [6.07, 6.45) is 3.42. The van der Waals surface area contributed by atoms with E-state index in [9.17, 15) is 9.59 Å². The smallest absolute Gasteiger partial charge is 0.265 e. The quantitative estimate of drug-likeness (QED) is 0.384. The first-order valence-corrected chi connectivity index (χ1v) is 9.64. The van der Waals surface area contributed by atoms with Crippen molar-refractivity contribution < 1.29 is 9.59 Å². The molecule has 8 nitrogen and oxygen atoms in total. The third-order valence-electron chi connectivity index (χ3n) is 4.25. The molecule has 28 heavy (non-hydrogen) atoms. The molecule has 0 saturated heterocycles. The van der Waals surface area contributed by atoms with Crippen LogP contribution in [0.5, 0.6) is 0 Å². The van der Waals surface area contributed by atoms with Gasteiger partial charge in [0.2, 0.25) is 5.91 Å². The average molecular weight is 394 g/mol. The largest absolute Gasteiger partial charge is 0.364 e. The molecule has 5 N–H and O–H groups in total. The maximum absolute atomic E-state index is 12.2. The molecular weight excluding hydrogens is 376 g/mol. The van der Waals surface area contributed by atoms with Crippen molar-refractivity contribution in [3.05, 3.63) is 53.4 Å². The lowest BCUT2D eigenvalue weighted by Gasteiger charge is -2.00. The summed E-state index contributed by atoms with van der Waals surface area (Å²) in [5.41, 5.74) is 8.91. The number of anilines is 1. The molecule has 0 atom stereocenters. The first-order valence-electron chi connectivity index (χ1n) is 8.76. The Kier molecular flexibility index (Phi) is 4.90. The van der Waals surface area contributed by atoms with E-state index < -0.39 is 5.91 Å². The van der Waals surface area contributed by atoms with Gasteiger partial charge in [0.05, 0.1) is 16.7 Å². The first kappa shape index (κ1) is 17.9. The maximum atomic E-state index is 12.2. The molecule has 0 unspecified atom stereocenters. The van der Waals surface area contributed by atoms with E-state index in [0.29, 0.717) is 35.8 Å². The van der Waals surface area contributed by atoms with Crippen LogP contribution in [0.15, 0.2) is 41.9 Å². The number of para-hydroxylation sites is 2. The molecule has 0 spiro atoms. The summed E-state index contributed by atoms with van der Waals surface area (Å²) in [6, 6.07) is 9.48. The molecule has 142 valence electrons. The van der Waals surface area contributed by atoms with Crippen LogP contribution in [-0.2, 0) is 11.2 Å². The number of rotatable bonds is 7. The van der Waals surface area contributed by atoms with Crippen LogP contribution in [0.4, 0.5) is 5.13 Å². The third-order valence-corrected chi connectivity index (χ3v) is 5.01. The zero-order valence-corrected chi connectivity index (χ0v) is 15.7. The van der Waals surface area contributed by atoms with Crippen molar-refractivity contribution in [3.63, 3.8) is 0 Å². The highest BCUT2D eigenvalue weighted by atomic mass is 32.1. The van der Waals surface area contributed by atoms with Gasteiger partial charge in [0.15, 0.2) is 5.13 Å². The zero-order chi connectivity index (χ0) is 19.5. The van der Waals surface area contributed by atoms with Gasteiger partial charge in [-0.15, -0.1) is 11.3 Å². The number of nitrogens with two attached hydrogens (primary N) is 1. The molecular formula is C19H18N6O2S. The number of fused-ring (bicyclic) bond motifs is 1. The number of benzene rings is 1. The summed E-state index contributed by atoms with van der Waals surface area (Å²) in [7, 11) is 0. The predicted molar refractivity (Wildman–Crippen MR) is 108 cm³/mol. The van der Waals surface area contributed by atoms with Gasteiger partial charge in [-0.3, -0.25) is 9.59 Å². The van der Waals surface area contributed by atoms with E-state index in [4.69, 9.17) is 5.73 Å². The van der Waals surface area contributed by atoms with E-state index >= 15 is 0 Å². The topological polar surface area (TPSA) is 130 Å². The van der Waals surface area contributed by atoms with E-state index in [1.807, 2.05) is 29.6 Å². The number of H-pyrrole nitrogens is 2. The van der Waals surface area contributed by atoms with Gasteiger partial charge in [-0.25, -0.2) is 9.97 Å².